The van der Waals surface area contributed by atoms with E-state index in [1.165, 1.54) is 205 Å². The molecule has 0 radical (unpaired) electrons. The molecule has 2 atom stereocenters. The smallest absolute Gasteiger partial charge is 0.305 e. The summed E-state index contributed by atoms with van der Waals surface area (Å²) >= 11 is 0. The van der Waals surface area contributed by atoms with Crippen LogP contribution in [0.5, 0.6) is 0 Å². The first-order valence-electron chi connectivity index (χ1n) is 27.7. The van der Waals surface area contributed by atoms with Crippen molar-refractivity contribution in [2.45, 2.75) is 302 Å². The Balaban J connectivity index is 3.42. The highest BCUT2D eigenvalue weighted by atomic mass is 16.5. The van der Waals surface area contributed by atoms with Crippen LogP contribution in [0.1, 0.15) is 290 Å². The Labute approximate surface area is 392 Å². The molecule has 0 heterocycles. The molecule has 0 aliphatic carbocycles. The number of unbranched alkanes of at least 4 members (excludes halogenated alkanes) is 34. The lowest BCUT2D eigenvalue weighted by molar-refractivity contribution is -0.143. The van der Waals surface area contributed by atoms with Gasteiger partial charge in [-0.25, -0.2) is 0 Å². The average molecular weight is 886 g/mol. The van der Waals surface area contributed by atoms with Crippen molar-refractivity contribution in [1.29, 1.82) is 0 Å². The number of amides is 1. The average Bonchev–Trinajstić information content (AvgIpc) is 3.28. The second kappa shape index (κ2) is 52.7. The molecule has 0 spiro atoms. The Bertz CT molecular complexity index is 1020. The molecule has 0 aromatic heterocycles. The molecule has 3 N–H and O–H groups in total. The van der Waals surface area contributed by atoms with Crippen LogP contribution in [0.15, 0.2) is 36.5 Å². The molecule has 1 amide bonds. The number of aliphatic hydroxyl groups excluding tert-OH is 2. The zero-order valence-electron chi connectivity index (χ0n) is 42.1. The Hall–Kier alpha value is -1.92. The van der Waals surface area contributed by atoms with E-state index >= 15 is 0 Å². The molecular weight excluding hydrogens is 779 g/mol. The van der Waals surface area contributed by atoms with Crippen molar-refractivity contribution >= 4 is 11.9 Å². The highest BCUT2D eigenvalue weighted by Crippen LogP contribution is 2.16. The van der Waals surface area contributed by atoms with Gasteiger partial charge >= 0.3 is 5.97 Å². The standard InChI is InChI=1S/C57H107NO5/c1-3-5-7-9-11-13-15-16-17-25-28-31-35-39-43-47-51-57(62)63-52-48-44-40-36-32-29-26-23-21-19-18-20-22-24-27-30-34-38-42-46-50-56(61)58-54(53-59)55(60)49-45-41-37-33-14-12-10-8-6-4-2/h13,15,17-18,20,25,54-55,59-60H,3-12,14,16,19,21-24,26-53H2,1-2H3,(H,58,61)/b15-13-,20-18-,25-17-. The molecule has 6 nitrogen and oxygen atoms in total. The van der Waals surface area contributed by atoms with Crippen LogP contribution in [0.3, 0.4) is 0 Å². The number of aliphatic hydroxyl groups is 2. The Kier molecular flexibility index (Phi) is 51.1. The monoisotopic (exact) mass is 886 g/mol. The minimum atomic E-state index is -0.668. The quantitative estimate of drug-likeness (QED) is 0.0321. The summed E-state index contributed by atoms with van der Waals surface area (Å²) in [5, 5.41) is 23.1. The number of nitrogens with one attached hydrogen (secondary N) is 1. The van der Waals surface area contributed by atoms with E-state index < -0.39 is 12.1 Å². The maximum absolute atomic E-state index is 12.4. The van der Waals surface area contributed by atoms with Crippen molar-refractivity contribution in [1.82, 2.24) is 5.32 Å². The summed E-state index contributed by atoms with van der Waals surface area (Å²) in [6.07, 6.45) is 64.2. The maximum atomic E-state index is 12.4. The van der Waals surface area contributed by atoms with Crippen LogP contribution in [0.2, 0.25) is 0 Å². The number of rotatable bonds is 51. The summed E-state index contributed by atoms with van der Waals surface area (Å²) in [4.78, 5) is 24.4. The fourth-order valence-corrected chi connectivity index (χ4v) is 8.37. The topological polar surface area (TPSA) is 95.9 Å². The van der Waals surface area contributed by atoms with E-state index in [9.17, 15) is 19.8 Å². The molecule has 0 saturated heterocycles. The molecule has 0 aliphatic rings. The first-order valence-corrected chi connectivity index (χ1v) is 27.7. The second-order valence-corrected chi connectivity index (χ2v) is 18.9. The zero-order chi connectivity index (χ0) is 45.8. The lowest BCUT2D eigenvalue weighted by Gasteiger charge is -2.22. The third-order valence-corrected chi connectivity index (χ3v) is 12.7. The lowest BCUT2D eigenvalue weighted by atomic mass is 10.0. The van der Waals surface area contributed by atoms with Gasteiger partial charge in [0.1, 0.15) is 0 Å². The molecule has 63 heavy (non-hydrogen) atoms. The molecule has 0 aliphatic heterocycles. The molecule has 0 rings (SSSR count). The molecule has 0 aromatic rings. The van der Waals surface area contributed by atoms with Gasteiger partial charge in [-0.1, -0.05) is 230 Å². The van der Waals surface area contributed by atoms with E-state index in [1.807, 2.05) is 0 Å². The highest BCUT2D eigenvalue weighted by Gasteiger charge is 2.20. The third kappa shape index (κ3) is 49.4. The summed E-state index contributed by atoms with van der Waals surface area (Å²) in [5.74, 6) is -0.0537. The number of allylic oxidation sites excluding steroid dienone is 6. The Morgan fingerprint density at radius 1 is 0.444 bits per heavy atom. The minimum Gasteiger partial charge on any atom is -0.466 e. The van der Waals surface area contributed by atoms with Crippen molar-refractivity contribution in [3.05, 3.63) is 36.5 Å². The van der Waals surface area contributed by atoms with E-state index in [-0.39, 0.29) is 18.5 Å². The molecular formula is C57H107NO5. The Morgan fingerprint density at radius 2 is 0.794 bits per heavy atom. The fraction of sp³-hybridized carbons (Fsp3) is 0.860. The second-order valence-electron chi connectivity index (χ2n) is 18.9. The molecule has 0 bridgehead atoms. The summed E-state index contributed by atoms with van der Waals surface area (Å²) in [7, 11) is 0. The lowest BCUT2D eigenvalue weighted by Crippen LogP contribution is -2.45. The van der Waals surface area contributed by atoms with Crippen molar-refractivity contribution in [2.75, 3.05) is 13.2 Å². The number of ether oxygens (including phenoxy) is 1. The SMILES string of the molecule is CCCCCC/C=C\C/C=C\CCCCCCCC(=O)OCCCCCCCCCCC/C=C\CCCCCCCCCC(=O)NC(CO)C(O)CCCCCCCCCCCC. The van der Waals surface area contributed by atoms with Crippen LogP contribution < -0.4 is 5.32 Å². The molecule has 0 fully saturated rings. The predicted molar refractivity (Wildman–Crippen MR) is 273 cm³/mol. The molecule has 370 valence electrons. The molecule has 6 heteroatoms. The number of esters is 1. The van der Waals surface area contributed by atoms with Crippen LogP contribution in [-0.4, -0.2) is 47.4 Å². The predicted octanol–water partition coefficient (Wildman–Crippen LogP) is 16.9. The van der Waals surface area contributed by atoms with Gasteiger partial charge in [0.2, 0.25) is 5.91 Å². The zero-order valence-corrected chi connectivity index (χ0v) is 42.1. The van der Waals surface area contributed by atoms with E-state index in [2.05, 4.69) is 55.6 Å². The number of hydrogen-bond donors (Lipinski definition) is 3. The van der Waals surface area contributed by atoms with E-state index in [0.717, 1.165) is 51.4 Å². The summed E-state index contributed by atoms with van der Waals surface area (Å²) in [5.41, 5.74) is 0. The normalized spacial score (nSPS) is 12.9. The molecule has 2 unspecified atom stereocenters. The number of hydrogen-bond acceptors (Lipinski definition) is 5. The van der Waals surface area contributed by atoms with Gasteiger partial charge in [0.15, 0.2) is 0 Å². The Morgan fingerprint density at radius 3 is 1.24 bits per heavy atom. The van der Waals surface area contributed by atoms with Gasteiger partial charge < -0.3 is 20.3 Å². The van der Waals surface area contributed by atoms with E-state index in [0.29, 0.717) is 25.9 Å². The van der Waals surface area contributed by atoms with Crippen LogP contribution in [-0.2, 0) is 14.3 Å². The summed E-state index contributed by atoms with van der Waals surface area (Å²) in [6, 6.07) is -0.546. The van der Waals surface area contributed by atoms with Gasteiger partial charge in [-0.3, -0.25) is 9.59 Å². The number of carbonyl (C=O) groups is 2. The van der Waals surface area contributed by atoms with E-state index in [1.54, 1.807) is 0 Å². The first kappa shape index (κ1) is 61.1. The number of carbonyl (C=O) groups excluding carboxylic acids is 2. The maximum Gasteiger partial charge on any atom is 0.305 e. The van der Waals surface area contributed by atoms with Crippen molar-refractivity contribution in [2.24, 2.45) is 0 Å². The van der Waals surface area contributed by atoms with E-state index in [4.69, 9.17) is 4.74 Å². The largest absolute Gasteiger partial charge is 0.466 e. The van der Waals surface area contributed by atoms with Crippen LogP contribution in [0.4, 0.5) is 0 Å². The van der Waals surface area contributed by atoms with Crippen LogP contribution >= 0.6 is 0 Å². The third-order valence-electron chi connectivity index (χ3n) is 12.7. The van der Waals surface area contributed by atoms with Gasteiger partial charge in [0.05, 0.1) is 25.4 Å². The highest BCUT2D eigenvalue weighted by molar-refractivity contribution is 5.76. The van der Waals surface area contributed by atoms with Crippen LogP contribution in [0.25, 0.3) is 0 Å². The fourth-order valence-electron chi connectivity index (χ4n) is 8.37. The molecule has 0 saturated carbocycles. The summed E-state index contributed by atoms with van der Waals surface area (Å²) in [6.45, 7) is 4.90. The van der Waals surface area contributed by atoms with Gasteiger partial charge in [-0.15, -0.1) is 0 Å². The van der Waals surface area contributed by atoms with Crippen molar-refractivity contribution < 1.29 is 24.5 Å². The van der Waals surface area contributed by atoms with Gasteiger partial charge in [0, 0.05) is 12.8 Å². The van der Waals surface area contributed by atoms with Gasteiger partial charge in [-0.2, -0.15) is 0 Å². The van der Waals surface area contributed by atoms with Crippen molar-refractivity contribution in [3.8, 4) is 0 Å². The van der Waals surface area contributed by atoms with Gasteiger partial charge in [0.25, 0.3) is 0 Å². The first-order chi connectivity index (χ1) is 31.0. The minimum absolute atomic E-state index is 0.00771. The summed E-state index contributed by atoms with van der Waals surface area (Å²) < 4.78 is 5.47. The van der Waals surface area contributed by atoms with Crippen LogP contribution in [0, 0.1) is 0 Å². The molecule has 0 aromatic carbocycles. The van der Waals surface area contributed by atoms with Crippen molar-refractivity contribution in [3.63, 3.8) is 0 Å². The van der Waals surface area contributed by atoms with Gasteiger partial charge in [-0.05, 0) is 83.5 Å².